The van der Waals surface area contributed by atoms with Gasteiger partial charge in [0, 0.05) is 12.1 Å². The second kappa shape index (κ2) is 7.17. The number of hydrogen-bond acceptors (Lipinski definition) is 4. The minimum atomic E-state index is -0.483. The van der Waals surface area contributed by atoms with E-state index in [-0.39, 0.29) is 17.9 Å². The number of nitrogens with zero attached hydrogens (tertiary/aromatic N) is 3. The van der Waals surface area contributed by atoms with Gasteiger partial charge in [0.15, 0.2) is 11.5 Å². The van der Waals surface area contributed by atoms with Gasteiger partial charge in [-0.15, -0.1) is 0 Å². The van der Waals surface area contributed by atoms with E-state index in [0.717, 1.165) is 43.9 Å². The Morgan fingerprint density at radius 2 is 1.90 bits per heavy atom. The topological polar surface area (TPSA) is 78.9 Å². The van der Waals surface area contributed by atoms with Crippen molar-refractivity contribution in [2.75, 3.05) is 0 Å². The summed E-state index contributed by atoms with van der Waals surface area (Å²) in [4.78, 5) is 13.3. The number of ketones is 1. The van der Waals surface area contributed by atoms with E-state index in [1.54, 1.807) is 16.9 Å². The molecule has 5 heteroatoms. The molecule has 0 spiro atoms. The summed E-state index contributed by atoms with van der Waals surface area (Å²) >= 11 is 0. The predicted octanol–water partition coefficient (Wildman–Crippen LogP) is 4.73. The number of carbonyl (C=O) groups is 1. The van der Waals surface area contributed by atoms with E-state index in [2.05, 4.69) is 18.9 Å². The largest absolute Gasteiger partial charge is 0.390 e. The van der Waals surface area contributed by atoms with Gasteiger partial charge in [-0.25, -0.2) is 0 Å². The van der Waals surface area contributed by atoms with Gasteiger partial charge in [-0.05, 0) is 105 Å². The number of aromatic nitrogens is 2. The van der Waals surface area contributed by atoms with Crippen molar-refractivity contribution in [3.63, 3.8) is 0 Å². The first kappa shape index (κ1) is 21.2. The van der Waals surface area contributed by atoms with E-state index < -0.39 is 5.60 Å². The van der Waals surface area contributed by atoms with E-state index >= 15 is 0 Å². The lowest BCUT2D eigenvalue weighted by atomic mass is 9.44. The summed E-state index contributed by atoms with van der Waals surface area (Å²) in [5.74, 6) is 3.19. The first-order valence-electron chi connectivity index (χ1n) is 12.3. The van der Waals surface area contributed by atoms with E-state index in [1.807, 2.05) is 13.0 Å². The zero-order valence-corrected chi connectivity index (χ0v) is 19.3. The highest BCUT2D eigenvalue weighted by atomic mass is 16.3. The maximum Gasteiger partial charge on any atom is 0.162 e. The van der Waals surface area contributed by atoms with Gasteiger partial charge in [-0.1, -0.05) is 13.8 Å². The Labute approximate surface area is 186 Å². The summed E-state index contributed by atoms with van der Waals surface area (Å²) in [6, 6.07) is 3.73. The lowest BCUT2D eigenvalue weighted by Gasteiger charge is -2.61. The first-order chi connectivity index (χ1) is 14.7. The number of nitriles is 1. The van der Waals surface area contributed by atoms with Gasteiger partial charge in [0.2, 0.25) is 0 Å². The van der Waals surface area contributed by atoms with Gasteiger partial charge >= 0.3 is 0 Å². The molecule has 1 unspecified atom stereocenters. The van der Waals surface area contributed by atoms with Crippen LogP contribution < -0.4 is 0 Å². The zero-order valence-electron chi connectivity index (χ0n) is 19.3. The molecule has 1 heterocycles. The molecule has 1 aromatic rings. The van der Waals surface area contributed by atoms with Crippen molar-refractivity contribution in [1.82, 2.24) is 9.78 Å². The van der Waals surface area contributed by atoms with Crippen LogP contribution in [0, 0.1) is 51.8 Å². The average Bonchev–Trinajstić information content (AvgIpc) is 3.31. The monoisotopic (exact) mass is 423 g/mol. The fourth-order valence-corrected chi connectivity index (χ4v) is 8.74. The molecule has 168 valence electrons. The molecule has 5 nitrogen and oxygen atoms in total. The van der Waals surface area contributed by atoms with E-state index in [1.165, 1.54) is 25.7 Å². The molecular formula is C26H37N3O2. The zero-order chi connectivity index (χ0) is 22.0. The Balaban J connectivity index is 1.34. The molecule has 0 aliphatic heterocycles. The molecule has 1 N–H and O–H groups in total. The lowest BCUT2D eigenvalue weighted by molar-refractivity contribution is -0.151. The Morgan fingerprint density at radius 1 is 1.13 bits per heavy atom. The quantitative estimate of drug-likeness (QED) is 0.762. The fraction of sp³-hybridized carbons (Fsp3) is 0.808. The Kier molecular flexibility index (Phi) is 4.90. The van der Waals surface area contributed by atoms with E-state index in [9.17, 15) is 9.90 Å². The highest BCUT2D eigenvalue weighted by Crippen LogP contribution is 2.68. The van der Waals surface area contributed by atoms with Gasteiger partial charge in [0.25, 0.3) is 0 Å². The smallest absolute Gasteiger partial charge is 0.162 e. The summed E-state index contributed by atoms with van der Waals surface area (Å²) in [7, 11) is 0. The molecular weight excluding hydrogens is 386 g/mol. The number of carbonyl (C=O) groups excluding carboxylic acids is 1. The summed E-state index contributed by atoms with van der Waals surface area (Å²) in [6.45, 7) is 7.24. The van der Waals surface area contributed by atoms with Gasteiger partial charge < -0.3 is 5.11 Å². The predicted molar refractivity (Wildman–Crippen MR) is 118 cm³/mol. The number of hydrogen-bond donors (Lipinski definition) is 1. The highest BCUT2D eigenvalue weighted by Gasteiger charge is 2.61. The van der Waals surface area contributed by atoms with Crippen molar-refractivity contribution < 1.29 is 9.90 Å². The van der Waals surface area contributed by atoms with Crippen LogP contribution in [0.5, 0.6) is 0 Å². The van der Waals surface area contributed by atoms with Crippen LogP contribution in [0.15, 0.2) is 12.3 Å². The van der Waals surface area contributed by atoms with Crippen molar-refractivity contribution in [3.05, 3.63) is 18.0 Å². The number of fused-ring (bicyclic) bond motifs is 5. The van der Waals surface area contributed by atoms with Crippen LogP contribution in [-0.4, -0.2) is 26.3 Å². The van der Waals surface area contributed by atoms with Crippen LogP contribution in [0.3, 0.4) is 0 Å². The molecule has 0 radical (unpaired) electrons. The Morgan fingerprint density at radius 3 is 2.65 bits per heavy atom. The number of rotatable bonds is 3. The van der Waals surface area contributed by atoms with Crippen molar-refractivity contribution in [3.8, 4) is 6.07 Å². The third-order valence-electron chi connectivity index (χ3n) is 10.4. The van der Waals surface area contributed by atoms with Crippen LogP contribution in [0.25, 0.3) is 0 Å². The standard InChI is InChI=1S/C26H37N3O2/c1-24(31)11-12-25(2)17(14-24)4-5-19-20-6-7-22(26(20,3)10-8-21(19)25)23(30)16-29-13-9-18(15-27)28-29/h9,13,17,19-22,31H,4-8,10-12,14,16H2,1-3H3/t17-,19+,20+,21+,22-,24-,25+,26?/m1/s1. The maximum absolute atomic E-state index is 13.3. The van der Waals surface area contributed by atoms with Crippen molar-refractivity contribution in [2.45, 2.75) is 90.7 Å². The SMILES string of the molecule is CC12CC[C@H]3[C@@H](CC[C@@H]4C[C@](C)(O)CC[C@@]43C)[C@@H]1CC[C@@H]2C(=O)Cn1ccc(C#N)n1. The molecule has 0 amide bonds. The minimum Gasteiger partial charge on any atom is -0.390 e. The second-order valence-corrected chi connectivity index (χ2v) is 12.0. The van der Waals surface area contributed by atoms with Gasteiger partial charge in [-0.3, -0.25) is 9.48 Å². The average molecular weight is 424 g/mol. The normalized spacial score (nSPS) is 46.5. The number of Topliss-reactive ketones (excluding diaryl/α,β-unsaturated/α-hetero) is 1. The summed E-state index contributed by atoms with van der Waals surface area (Å²) in [5, 5.41) is 23.9. The van der Waals surface area contributed by atoms with E-state index in [4.69, 9.17) is 5.26 Å². The Hall–Kier alpha value is -1.67. The molecule has 5 rings (SSSR count). The molecule has 0 saturated heterocycles. The molecule has 4 saturated carbocycles. The fourth-order valence-electron chi connectivity index (χ4n) is 8.74. The molecule has 4 aliphatic rings. The third kappa shape index (κ3) is 3.28. The summed E-state index contributed by atoms with van der Waals surface area (Å²) in [6.07, 6.45) is 11.9. The van der Waals surface area contributed by atoms with Crippen LogP contribution in [0.2, 0.25) is 0 Å². The minimum absolute atomic E-state index is 0.104. The van der Waals surface area contributed by atoms with Crippen molar-refractivity contribution in [2.24, 2.45) is 40.4 Å². The molecule has 0 bridgehead atoms. The van der Waals surface area contributed by atoms with Crippen LogP contribution in [0.1, 0.15) is 84.3 Å². The summed E-state index contributed by atoms with van der Waals surface area (Å²) < 4.78 is 1.64. The van der Waals surface area contributed by atoms with Gasteiger partial charge in [0.1, 0.15) is 6.07 Å². The first-order valence-corrected chi connectivity index (χ1v) is 12.3. The third-order valence-corrected chi connectivity index (χ3v) is 10.4. The van der Waals surface area contributed by atoms with Crippen LogP contribution >= 0.6 is 0 Å². The van der Waals surface area contributed by atoms with E-state index in [0.29, 0.717) is 28.7 Å². The molecule has 4 fully saturated rings. The molecule has 31 heavy (non-hydrogen) atoms. The molecule has 0 aromatic carbocycles. The molecule has 1 aromatic heterocycles. The highest BCUT2D eigenvalue weighted by molar-refractivity contribution is 5.82. The number of aliphatic hydroxyl groups is 1. The Bertz CT molecular complexity index is 914. The van der Waals surface area contributed by atoms with Gasteiger partial charge in [-0.2, -0.15) is 10.4 Å². The van der Waals surface area contributed by atoms with Crippen LogP contribution in [-0.2, 0) is 11.3 Å². The summed E-state index contributed by atoms with van der Waals surface area (Å²) in [5.41, 5.74) is 0.355. The molecule has 4 aliphatic carbocycles. The van der Waals surface area contributed by atoms with Gasteiger partial charge in [0.05, 0.1) is 12.1 Å². The van der Waals surface area contributed by atoms with Crippen molar-refractivity contribution in [1.29, 1.82) is 5.26 Å². The van der Waals surface area contributed by atoms with Crippen molar-refractivity contribution >= 4 is 5.78 Å². The second-order valence-electron chi connectivity index (χ2n) is 12.0. The maximum atomic E-state index is 13.3. The lowest BCUT2D eigenvalue weighted by Crippen LogP contribution is -2.55. The molecule has 8 atom stereocenters. The van der Waals surface area contributed by atoms with Crippen LogP contribution in [0.4, 0.5) is 0 Å².